The molecule has 10 rings (SSSR count). The molecule has 10 aromatic rings. The molecule has 0 aliphatic carbocycles. The zero-order chi connectivity index (χ0) is 58.1. The predicted octanol–water partition coefficient (Wildman–Crippen LogP) is 14.2. The van der Waals surface area contributed by atoms with E-state index in [1.165, 1.54) is 0 Å². The van der Waals surface area contributed by atoms with Crippen LogP contribution in [0.25, 0.3) is 78.1 Å². The summed E-state index contributed by atoms with van der Waals surface area (Å²) in [5.41, 5.74) is -5.96. The maximum atomic E-state index is 9.69. The van der Waals surface area contributed by atoms with Crippen LogP contribution in [0, 0.1) is 0 Å². The van der Waals surface area contributed by atoms with Gasteiger partial charge in [-0.25, -0.2) is 9.97 Å². The van der Waals surface area contributed by atoms with E-state index in [4.69, 9.17) is 28.1 Å². The van der Waals surface area contributed by atoms with Gasteiger partial charge >= 0.3 is 0 Å². The highest BCUT2D eigenvalue weighted by Crippen LogP contribution is 2.43. The van der Waals surface area contributed by atoms with Crippen LogP contribution in [0.1, 0.15) is 32.9 Å². The molecule has 56 heavy (non-hydrogen) atoms. The molecule has 2 heterocycles. The summed E-state index contributed by atoms with van der Waals surface area (Å²) in [6.45, 7) is 0. The van der Waals surface area contributed by atoms with Crippen molar-refractivity contribution in [2.45, 2.75) is 0 Å². The van der Waals surface area contributed by atoms with Crippen LogP contribution in [0.5, 0.6) is 0 Å². The second-order valence-corrected chi connectivity index (χ2v) is 12.0. The maximum Gasteiger partial charge on any atom is 0.160 e. The van der Waals surface area contributed by atoms with Crippen LogP contribution in [0.4, 0.5) is 17.1 Å². The lowest BCUT2D eigenvalue weighted by atomic mass is 10.0. The quantitative estimate of drug-likeness (QED) is 0.155. The molecule has 0 aliphatic heterocycles. The molecule has 0 spiro atoms. The van der Waals surface area contributed by atoms with Crippen LogP contribution in [0.3, 0.4) is 0 Å². The van der Waals surface area contributed by atoms with Crippen LogP contribution in [0.2, 0.25) is 0 Å². The van der Waals surface area contributed by atoms with Crippen molar-refractivity contribution in [2.24, 2.45) is 0 Å². The summed E-state index contributed by atoms with van der Waals surface area (Å²) in [6, 6.07) is -3.67. The Morgan fingerprint density at radius 3 is 1.46 bits per heavy atom. The number of rotatable bonds is 8. The van der Waals surface area contributed by atoms with Crippen LogP contribution < -0.4 is 4.90 Å². The van der Waals surface area contributed by atoms with E-state index < -0.39 is 206 Å². The lowest BCUT2D eigenvalue weighted by molar-refractivity contribution is 0.669. The van der Waals surface area contributed by atoms with Crippen molar-refractivity contribution in [1.82, 2.24) is 9.97 Å². The van der Waals surface area contributed by atoms with Gasteiger partial charge in [0, 0.05) is 38.8 Å². The van der Waals surface area contributed by atoms with Crippen molar-refractivity contribution in [3.05, 3.63) is 212 Å². The zero-order valence-corrected chi connectivity index (χ0v) is 28.6. The average molecular weight is 742 g/mol. The molecule has 0 fully saturated rings. The Morgan fingerprint density at radius 2 is 0.929 bits per heavy atom. The molecule has 4 heteroatoms. The van der Waals surface area contributed by atoms with Crippen LogP contribution in [-0.2, 0) is 0 Å². The standard InChI is InChI=1S/C52H35N3O/c1-5-14-36(15-6-1)38-24-29-43(30-25-38)55(44-31-26-39(27-32-44)37-16-7-2-8-17-37)49-23-13-22-46-45-33-28-42(34-50(45)56-51(46)49)52-53-47(40-18-9-3-10-19-40)35-48(54-52)41-20-11-4-12-21-41/h1-35H/i1D,2D,5D,6D,7D,8D,13D,14D,15D,16D,17D,22D,23D,24D,25D,26D,27D,28D,29D,30D,31D,32D,33D,34D. The third-order valence-electron chi connectivity index (χ3n) is 8.53. The van der Waals surface area contributed by atoms with Crippen molar-refractivity contribution in [3.63, 3.8) is 0 Å². The van der Waals surface area contributed by atoms with Gasteiger partial charge in [-0.3, -0.25) is 0 Å². The number of aromatic nitrogens is 2. The second kappa shape index (κ2) is 14.3. The first-order valence-electron chi connectivity index (χ1n) is 28.9. The molecule has 4 nitrogen and oxygen atoms in total. The number of furan rings is 1. The van der Waals surface area contributed by atoms with Gasteiger partial charge in [0.05, 0.1) is 50.0 Å². The highest BCUT2D eigenvalue weighted by Gasteiger charge is 2.21. The molecule has 0 saturated carbocycles. The van der Waals surface area contributed by atoms with Crippen molar-refractivity contribution >= 4 is 39.0 Å². The zero-order valence-electron chi connectivity index (χ0n) is 52.6. The average Bonchev–Trinajstić information content (AvgIpc) is 4.06. The molecule has 0 radical (unpaired) electrons. The summed E-state index contributed by atoms with van der Waals surface area (Å²) in [4.78, 5) is 9.94. The molecule has 2 aromatic heterocycles. The lowest BCUT2D eigenvalue weighted by Crippen LogP contribution is -2.10. The molecule has 0 atom stereocenters. The molecule has 0 saturated heterocycles. The molecular formula is C52H35N3O. The minimum atomic E-state index is -1.17. The van der Waals surface area contributed by atoms with E-state index in [0.717, 1.165) is 0 Å². The molecule has 8 aromatic carbocycles. The van der Waals surface area contributed by atoms with Crippen molar-refractivity contribution in [2.75, 3.05) is 4.90 Å². The number of para-hydroxylation sites is 1. The van der Waals surface area contributed by atoms with Gasteiger partial charge in [0.25, 0.3) is 0 Å². The van der Waals surface area contributed by atoms with E-state index in [1.807, 2.05) is 0 Å². The highest BCUT2D eigenvalue weighted by molar-refractivity contribution is 6.11. The Balaban J connectivity index is 1.35. The Kier molecular flexibility index (Phi) is 4.21. The van der Waals surface area contributed by atoms with E-state index in [1.54, 1.807) is 66.7 Å². The molecule has 264 valence electrons. The summed E-state index contributed by atoms with van der Waals surface area (Å²) in [7, 11) is 0. The Labute approximate surface area is 359 Å². The van der Waals surface area contributed by atoms with E-state index in [0.29, 0.717) is 27.4 Å². The Morgan fingerprint density at radius 1 is 0.429 bits per heavy atom. The normalized spacial score (nSPS) is 17.2. The maximum absolute atomic E-state index is 9.69. The van der Waals surface area contributed by atoms with Crippen molar-refractivity contribution < 1.29 is 37.3 Å². The van der Waals surface area contributed by atoms with Gasteiger partial charge in [-0.2, -0.15) is 0 Å². The summed E-state index contributed by atoms with van der Waals surface area (Å²) >= 11 is 0. The third kappa shape index (κ3) is 6.29. The monoisotopic (exact) mass is 741 g/mol. The van der Waals surface area contributed by atoms with Gasteiger partial charge in [0.1, 0.15) is 5.58 Å². The minimum absolute atomic E-state index is 0.225. The van der Waals surface area contributed by atoms with Crippen LogP contribution in [-0.4, -0.2) is 9.97 Å². The molecule has 0 N–H and O–H groups in total. The minimum Gasteiger partial charge on any atom is -0.454 e. The number of anilines is 3. The number of hydrogen-bond donors (Lipinski definition) is 0. The van der Waals surface area contributed by atoms with E-state index in [-0.39, 0.29) is 11.4 Å². The van der Waals surface area contributed by atoms with Gasteiger partial charge < -0.3 is 9.32 Å². The number of fused-ring (bicyclic) bond motifs is 3. The van der Waals surface area contributed by atoms with Gasteiger partial charge in [0.2, 0.25) is 0 Å². The van der Waals surface area contributed by atoms with Gasteiger partial charge in [-0.1, -0.05) is 163 Å². The summed E-state index contributed by atoms with van der Waals surface area (Å²) in [6.07, 6.45) is 0. The highest BCUT2D eigenvalue weighted by atomic mass is 16.3. The fraction of sp³-hybridized carbons (Fsp3) is 0. The molecular weight excluding hydrogens is 683 g/mol. The van der Waals surface area contributed by atoms with Gasteiger partial charge in [0.15, 0.2) is 11.4 Å². The van der Waals surface area contributed by atoms with Crippen LogP contribution in [0.15, 0.2) is 216 Å². The number of benzene rings is 8. The van der Waals surface area contributed by atoms with Crippen molar-refractivity contribution in [3.8, 4) is 56.2 Å². The predicted molar refractivity (Wildman–Crippen MR) is 231 cm³/mol. The third-order valence-corrected chi connectivity index (χ3v) is 8.53. The van der Waals surface area contributed by atoms with Gasteiger partial charge in [-0.15, -0.1) is 0 Å². The first kappa shape index (κ1) is 16.4. The van der Waals surface area contributed by atoms with Crippen LogP contribution >= 0.6 is 0 Å². The fourth-order valence-electron chi connectivity index (χ4n) is 5.92. The van der Waals surface area contributed by atoms with E-state index >= 15 is 0 Å². The summed E-state index contributed by atoms with van der Waals surface area (Å²) in [5, 5.41) is -1.02. The largest absolute Gasteiger partial charge is 0.454 e. The lowest BCUT2D eigenvalue weighted by Gasteiger charge is -2.26. The molecule has 0 amide bonds. The summed E-state index contributed by atoms with van der Waals surface area (Å²) < 4.78 is 223. The molecule has 0 aliphatic rings. The van der Waals surface area contributed by atoms with E-state index in [2.05, 4.69) is 0 Å². The fourth-order valence-corrected chi connectivity index (χ4v) is 5.92. The van der Waals surface area contributed by atoms with Crippen molar-refractivity contribution in [1.29, 1.82) is 0 Å². The topological polar surface area (TPSA) is 42.2 Å². The van der Waals surface area contributed by atoms with E-state index in [9.17, 15) is 19.2 Å². The first-order chi connectivity index (χ1) is 37.8. The molecule has 0 unspecified atom stereocenters. The smallest absolute Gasteiger partial charge is 0.160 e. The Bertz CT molecular complexity index is 4050. The number of nitrogens with zero attached hydrogens (tertiary/aromatic N) is 3. The first-order valence-corrected chi connectivity index (χ1v) is 16.9. The summed E-state index contributed by atoms with van der Waals surface area (Å²) in [5.74, 6) is -0.225. The van der Waals surface area contributed by atoms with Gasteiger partial charge in [-0.05, 0) is 70.6 Å². The molecule has 0 bridgehead atoms. The Hall–Kier alpha value is -7.56. The second-order valence-electron chi connectivity index (χ2n) is 12.0. The SMILES string of the molecule is [2H]c1c([2H])c([2H])c(-c2c([2H])c([2H])c(N(c3c([2H])c([2H])c(-c4c([2H])c([2H])c([2H])c([2H])c4[2H])c([2H])c3[2H])c3c([2H])c([2H])c([2H])c4c3oc3c([2H])c(-c5nc(-c6ccccc6)cc(-c6ccccc6)n5)c([2H])c([2H])c34)c([2H])c2[2H])c([2H])c1[2H]. The number of hydrogen-bond acceptors (Lipinski definition) is 4.